The summed E-state index contributed by atoms with van der Waals surface area (Å²) in [5, 5.41) is 17.7. The van der Waals surface area contributed by atoms with Gasteiger partial charge in [0, 0.05) is 24.8 Å². The molecule has 0 spiro atoms. The molecule has 1 amide bonds. The number of carbonyl (C=O) groups is 1. The molecule has 0 aliphatic carbocycles. The summed E-state index contributed by atoms with van der Waals surface area (Å²) in [6, 6.07) is 10.0. The number of amides is 1. The van der Waals surface area contributed by atoms with E-state index in [4.69, 9.17) is 18.9 Å². The first kappa shape index (κ1) is 21.5. The van der Waals surface area contributed by atoms with Crippen molar-refractivity contribution in [2.45, 2.75) is 6.04 Å². The van der Waals surface area contributed by atoms with Gasteiger partial charge in [0.2, 0.25) is 5.75 Å². The van der Waals surface area contributed by atoms with Crippen molar-refractivity contribution in [3.63, 3.8) is 0 Å². The normalized spacial score (nSPS) is 15.1. The summed E-state index contributed by atoms with van der Waals surface area (Å²) in [5.41, 5.74) is 2.83. The van der Waals surface area contributed by atoms with Crippen LogP contribution in [0.1, 0.15) is 27.7 Å². The number of phenols is 1. The van der Waals surface area contributed by atoms with Crippen molar-refractivity contribution in [2.75, 3.05) is 41.6 Å². The summed E-state index contributed by atoms with van der Waals surface area (Å²) < 4.78 is 21.8. The van der Waals surface area contributed by atoms with E-state index >= 15 is 0 Å². The van der Waals surface area contributed by atoms with E-state index in [9.17, 15) is 9.90 Å². The van der Waals surface area contributed by atoms with Gasteiger partial charge in [0.05, 0.1) is 34.0 Å². The van der Waals surface area contributed by atoms with E-state index in [0.29, 0.717) is 52.9 Å². The standard InChI is InChI=1S/C23H25N3O6/c1-29-10-9-26-21(13-11-16(30-2)22(32-4)17(12-13)31-3)18-19(24-25-20(18)23(26)28)14-7-5-6-8-15(14)27/h5-8,11-12,21,27H,9-10H2,1-4H3,(H,24,25). The lowest BCUT2D eigenvalue weighted by atomic mass is 9.95. The van der Waals surface area contributed by atoms with Gasteiger partial charge in [-0.2, -0.15) is 5.10 Å². The molecule has 1 unspecified atom stereocenters. The van der Waals surface area contributed by atoms with Gasteiger partial charge >= 0.3 is 0 Å². The third kappa shape index (κ3) is 3.40. The lowest BCUT2D eigenvalue weighted by Crippen LogP contribution is -2.32. The van der Waals surface area contributed by atoms with Crippen LogP contribution in [0, 0.1) is 0 Å². The number of H-pyrrole nitrogens is 1. The molecule has 9 nitrogen and oxygen atoms in total. The molecule has 2 heterocycles. The summed E-state index contributed by atoms with van der Waals surface area (Å²) in [4.78, 5) is 15.0. The van der Waals surface area contributed by atoms with E-state index < -0.39 is 6.04 Å². The van der Waals surface area contributed by atoms with Crippen LogP contribution in [0.2, 0.25) is 0 Å². The van der Waals surface area contributed by atoms with Gasteiger partial charge in [-0.15, -0.1) is 0 Å². The highest BCUT2D eigenvalue weighted by Gasteiger charge is 2.43. The van der Waals surface area contributed by atoms with Crippen LogP contribution >= 0.6 is 0 Å². The highest BCUT2D eigenvalue weighted by molar-refractivity contribution is 6.00. The molecule has 2 aromatic carbocycles. The lowest BCUT2D eigenvalue weighted by Gasteiger charge is -2.27. The second kappa shape index (κ2) is 8.80. The lowest BCUT2D eigenvalue weighted by molar-refractivity contribution is 0.0677. The SMILES string of the molecule is COCCN1C(=O)c2[nH]nc(-c3ccccc3O)c2C1c1cc(OC)c(OC)c(OC)c1. The molecular weight excluding hydrogens is 414 g/mol. The van der Waals surface area contributed by atoms with Crippen molar-refractivity contribution in [3.05, 3.63) is 53.2 Å². The number of hydrogen-bond donors (Lipinski definition) is 2. The molecule has 32 heavy (non-hydrogen) atoms. The van der Waals surface area contributed by atoms with Crippen LogP contribution in [0.15, 0.2) is 36.4 Å². The van der Waals surface area contributed by atoms with Crippen molar-refractivity contribution in [1.82, 2.24) is 15.1 Å². The summed E-state index contributed by atoms with van der Waals surface area (Å²) in [7, 11) is 6.21. The Hall–Kier alpha value is -3.72. The molecule has 3 aromatic rings. The van der Waals surface area contributed by atoms with Crippen LogP contribution in [0.5, 0.6) is 23.0 Å². The number of carbonyl (C=O) groups excluding carboxylic acids is 1. The second-order valence-electron chi connectivity index (χ2n) is 7.23. The second-order valence-corrected chi connectivity index (χ2v) is 7.23. The molecule has 1 aliphatic heterocycles. The molecule has 0 bridgehead atoms. The van der Waals surface area contributed by atoms with E-state index in [-0.39, 0.29) is 11.7 Å². The van der Waals surface area contributed by atoms with Crippen molar-refractivity contribution in [1.29, 1.82) is 0 Å². The Morgan fingerprint density at radius 2 is 1.75 bits per heavy atom. The minimum Gasteiger partial charge on any atom is -0.507 e. The number of hydrogen-bond acceptors (Lipinski definition) is 7. The highest BCUT2D eigenvalue weighted by atomic mass is 16.5. The molecular formula is C23H25N3O6. The maximum atomic E-state index is 13.3. The number of phenolic OH excluding ortho intramolecular Hbond substituents is 1. The highest BCUT2D eigenvalue weighted by Crippen LogP contribution is 2.48. The first-order valence-electron chi connectivity index (χ1n) is 10.0. The fourth-order valence-corrected chi connectivity index (χ4v) is 4.10. The van der Waals surface area contributed by atoms with E-state index in [1.165, 1.54) is 7.11 Å². The Balaban J connectivity index is 1.94. The predicted octanol–water partition coefficient (Wildman–Crippen LogP) is 3.00. The number of fused-ring (bicyclic) bond motifs is 1. The number of nitrogens with one attached hydrogen (secondary N) is 1. The Labute approximate surface area is 185 Å². The van der Waals surface area contributed by atoms with Crippen molar-refractivity contribution in [3.8, 4) is 34.3 Å². The largest absolute Gasteiger partial charge is 0.507 e. The average Bonchev–Trinajstić information content (AvgIpc) is 3.35. The first-order valence-corrected chi connectivity index (χ1v) is 10.0. The molecule has 1 aliphatic rings. The molecule has 1 atom stereocenters. The van der Waals surface area contributed by atoms with Gasteiger partial charge in [-0.25, -0.2) is 0 Å². The molecule has 0 saturated heterocycles. The molecule has 168 valence electrons. The Morgan fingerprint density at radius 3 is 2.34 bits per heavy atom. The van der Waals surface area contributed by atoms with Crippen LogP contribution < -0.4 is 14.2 Å². The number of aromatic amines is 1. The Kier molecular flexibility index (Phi) is 5.91. The number of para-hydroxylation sites is 1. The maximum absolute atomic E-state index is 13.3. The molecule has 2 N–H and O–H groups in total. The van der Waals surface area contributed by atoms with Crippen LogP contribution in [0.4, 0.5) is 0 Å². The monoisotopic (exact) mass is 439 g/mol. The number of aromatic nitrogens is 2. The van der Waals surface area contributed by atoms with Crippen LogP contribution in [0.3, 0.4) is 0 Å². The molecule has 0 saturated carbocycles. The zero-order valence-corrected chi connectivity index (χ0v) is 18.3. The van der Waals surface area contributed by atoms with Crippen LogP contribution in [0.25, 0.3) is 11.3 Å². The minimum absolute atomic E-state index is 0.0771. The summed E-state index contributed by atoms with van der Waals surface area (Å²) >= 11 is 0. The summed E-state index contributed by atoms with van der Waals surface area (Å²) in [5.74, 6) is 1.28. The van der Waals surface area contributed by atoms with Crippen molar-refractivity contribution in [2.24, 2.45) is 0 Å². The van der Waals surface area contributed by atoms with Gasteiger partial charge in [0.25, 0.3) is 5.91 Å². The molecule has 1 aromatic heterocycles. The number of benzene rings is 2. The Morgan fingerprint density at radius 1 is 1.06 bits per heavy atom. The molecule has 0 fully saturated rings. The van der Waals surface area contributed by atoms with E-state index in [1.54, 1.807) is 44.4 Å². The van der Waals surface area contributed by atoms with Gasteiger partial charge in [-0.1, -0.05) is 12.1 Å². The fraction of sp³-hybridized carbons (Fsp3) is 0.304. The quantitative estimate of drug-likeness (QED) is 0.556. The smallest absolute Gasteiger partial charge is 0.273 e. The zero-order valence-electron chi connectivity index (χ0n) is 18.3. The van der Waals surface area contributed by atoms with E-state index in [0.717, 1.165) is 5.56 Å². The summed E-state index contributed by atoms with van der Waals surface area (Å²) in [6.45, 7) is 0.718. The van der Waals surface area contributed by atoms with Gasteiger partial charge in [-0.3, -0.25) is 9.89 Å². The number of ether oxygens (including phenoxy) is 4. The number of rotatable bonds is 8. The first-order chi connectivity index (χ1) is 15.5. The maximum Gasteiger partial charge on any atom is 0.273 e. The fourth-order valence-electron chi connectivity index (χ4n) is 4.10. The average molecular weight is 439 g/mol. The van der Waals surface area contributed by atoms with Crippen molar-refractivity contribution >= 4 is 5.91 Å². The minimum atomic E-state index is -0.505. The van der Waals surface area contributed by atoms with Gasteiger partial charge < -0.3 is 29.0 Å². The summed E-state index contributed by atoms with van der Waals surface area (Å²) in [6.07, 6.45) is 0. The Bertz CT molecular complexity index is 1120. The van der Waals surface area contributed by atoms with Gasteiger partial charge in [0.15, 0.2) is 11.5 Å². The zero-order chi connectivity index (χ0) is 22.8. The third-order valence-electron chi connectivity index (χ3n) is 5.56. The van der Waals surface area contributed by atoms with Gasteiger partial charge in [-0.05, 0) is 29.8 Å². The number of nitrogens with zero attached hydrogens (tertiary/aromatic N) is 2. The van der Waals surface area contributed by atoms with Crippen LogP contribution in [-0.4, -0.2) is 67.7 Å². The third-order valence-corrected chi connectivity index (χ3v) is 5.56. The van der Waals surface area contributed by atoms with E-state index in [1.807, 2.05) is 18.2 Å². The van der Waals surface area contributed by atoms with Crippen LogP contribution in [-0.2, 0) is 4.74 Å². The van der Waals surface area contributed by atoms with E-state index in [2.05, 4.69) is 10.2 Å². The number of aromatic hydroxyl groups is 1. The molecule has 0 radical (unpaired) electrons. The molecule has 4 rings (SSSR count). The molecule has 9 heteroatoms. The van der Waals surface area contributed by atoms with Crippen molar-refractivity contribution < 1.29 is 28.8 Å². The topological polar surface area (TPSA) is 106 Å². The van der Waals surface area contributed by atoms with Gasteiger partial charge in [0.1, 0.15) is 17.1 Å². The predicted molar refractivity (Wildman–Crippen MR) is 117 cm³/mol. The number of methoxy groups -OCH3 is 4.